The molecule has 0 bridgehead atoms. The Hall–Kier alpha value is -4.33. The van der Waals surface area contributed by atoms with Crippen LogP contribution < -0.4 is 25.4 Å². The number of carbonyl (C=O) groups is 3. The van der Waals surface area contributed by atoms with E-state index in [2.05, 4.69) is 16.0 Å². The molecule has 2 atom stereocenters. The van der Waals surface area contributed by atoms with E-state index in [9.17, 15) is 14.4 Å². The molecule has 0 aliphatic heterocycles. The van der Waals surface area contributed by atoms with Gasteiger partial charge >= 0.3 is 0 Å². The fraction of sp³-hybridized carbons (Fsp3) is 0.250. The van der Waals surface area contributed by atoms with Crippen LogP contribution in [0.3, 0.4) is 0 Å². The minimum atomic E-state index is -0.727. The Morgan fingerprint density at radius 1 is 0.833 bits per heavy atom. The maximum absolute atomic E-state index is 13.1. The maximum Gasteiger partial charge on any atom is 0.262 e. The van der Waals surface area contributed by atoms with E-state index in [4.69, 9.17) is 9.47 Å². The fourth-order valence-electron chi connectivity index (χ4n) is 3.49. The lowest BCUT2D eigenvalue weighted by Crippen LogP contribution is -2.47. The first-order chi connectivity index (χ1) is 17.4. The van der Waals surface area contributed by atoms with Crippen molar-refractivity contribution in [1.82, 2.24) is 5.32 Å². The van der Waals surface area contributed by atoms with Gasteiger partial charge in [0.15, 0.2) is 18.1 Å². The van der Waals surface area contributed by atoms with Crippen molar-refractivity contribution in [3.05, 3.63) is 84.4 Å². The van der Waals surface area contributed by atoms with Gasteiger partial charge in [0.1, 0.15) is 6.04 Å². The van der Waals surface area contributed by atoms with Gasteiger partial charge < -0.3 is 25.4 Å². The van der Waals surface area contributed by atoms with Gasteiger partial charge in [0, 0.05) is 16.9 Å². The first-order valence-corrected chi connectivity index (χ1v) is 11.7. The van der Waals surface area contributed by atoms with Crippen LogP contribution in [0.15, 0.2) is 78.9 Å². The van der Waals surface area contributed by atoms with Crippen molar-refractivity contribution in [1.29, 1.82) is 0 Å². The zero-order chi connectivity index (χ0) is 25.9. The average molecular weight is 490 g/mol. The molecule has 3 aromatic rings. The fourth-order valence-corrected chi connectivity index (χ4v) is 3.49. The van der Waals surface area contributed by atoms with E-state index in [-0.39, 0.29) is 30.2 Å². The number of hydrogen-bond donors (Lipinski definition) is 3. The molecule has 0 spiro atoms. The van der Waals surface area contributed by atoms with Gasteiger partial charge in [0.2, 0.25) is 5.91 Å². The number of amides is 3. The Labute approximate surface area is 211 Å². The summed E-state index contributed by atoms with van der Waals surface area (Å²) < 4.78 is 10.8. The molecular formula is C28H31N3O5. The Morgan fingerprint density at radius 3 is 2.14 bits per heavy atom. The first kappa shape index (κ1) is 26.3. The number of benzene rings is 3. The highest BCUT2D eigenvalue weighted by molar-refractivity contribution is 6.01. The summed E-state index contributed by atoms with van der Waals surface area (Å²) in [7, 11) is 1.53. The molecule has 0 heterocycles. The molecule has 36 heavy (non-hydrogen) atoms. The Kier molecular flexibility index (Phi) is 9.45. The molecule has 0 fully saturated rings. The van der Waals surface area contributed by atoms with Crippen molar-refractivity contribution in [2.75, 3.05) is 24.4 Å². The number of hydrogen-bond acceptors (Lipinski definition) is 5. The van der Waals surface area contributed by atoms with Crippen LogP contribution >= 0.6 is 0 Å². The van der Waals surface area contributed by atoms with Crippen LogP contribution in [-0.4, -0.2) is 37.5 Å². The largest absolute Gasteiger partial charge is 0.493 e. The Morgan fingerprint density at radius 2 is 1.47 bits per heavy atom. The standard InChI is InChI=1S/C28H31N3O5/c1-4-19(2)26(31-27(33)20-11-6-5-7-12-20)28(34)30-22-14-10-13-21(17-22)29-25(32)18-36-24-16-9-8-15-23(24)35-3/h5-17,19,26H,4,18H2,1-3H3,(H,29,32)(H,30,34)(H,31,33). The second-order valence-corrected chi connectivity index (χ2v) is 8.26. The number of carbonyl (C=O) groups excluding carboxylic acids is 3. The zero-order valence-corrected chi connectivity index (χ0v) is 20.6. The van der Waals surface area contributed by atoms with Gasteiger partial charge in [-0.2, -0.15) is 0 Å². The number of ether oxygens (including phenoxy) is 2. The van der Waals surface area contributed by atoms with Crippen molar-refractivity contribution in [3.63, 3.8) is 0 Å². The summed E-state index contributed by atoms with van der Waals surface area (Å²) in [5, 5.41) is 8.45. The molecule has 0 radical (unpaired) electrons. The molecule has 188 valence electrons. The molecule has 0 saturated carbocycles. The summed E-state index contributed by atoms with van der Waals surface area (Å²) in [6.07, 6.45) is 0.704. The van der Waals surface area contributed by atoms with E-state index < -0.39 is 6.04 Å². The third-order valence-corrected chi connectivity index (χ3v) is 5.66. The quantitative estimate of drug-likeness (QED) is 0.368. The van der Waals surface area contributed by atoms with Gasteiger partial charge in [-0.1, -0.05) is 56.7 Å². The summed E-state index contributed by atoms with van der Waals surface area (Å²) in [6.45, 7) is 3.66. The predicted molar refractivity (Wildman–Crippen MR) is 139 cm³/mol. The van der Waals surface area contributed by atoms with E-state index in [0.29, 0.717) is 34.9 Å². The summed E-state index contributed by atoms with van der Waals surface area (Å²) >= 11 is 0. The number of para-hydroxylation sites is 2. The molecule has 3 N–H and O–H groups in total. The second-order valence-electron chi connectivity index (χ2n) is 8.26. The van der Waals surface area contributed by atoms with Crippen molar-refractivity contribution < 1.29 is 23.9 Å². The number of methoxy groups -OCH3 is 1. The third-order valence-electron chi connectivity index (χ3n) is 5.66. The molecule has 0 saturated heterocycles. The summed E-state index contributed by atoms with van der Waals surface area (Å²) in [5.74, 6) is -0.108. The van der Waals surface area contributed by atoms with Gasteiger partial charge in [-0.3, -0.25) is 14.4 Å². The molecule has 3 rings (SSSR count). The molecule has 8 heteroatoms. The average Bonchev–Trinajstić information content (AvgIpc) is 2.90. The lowest BCUT2D eigenvalue weighted by Gasteiger charge is -2.23. The van der Waals surface area contributed by atoms with Crippen molar-refractivity contribution >= 4 is 29.1 Å². The van der Waals surface area contributed by atoms with Gasteiger partial charge in [-0.25, -0.2) is 0 Å². The Bertz CT molecular complexity index is 1180. The molecular weight excluding hydrogens is 458 g/mol. The van der Waals surface area contributed by atoms with Crippen LogP contribution in [0, 0.1) is 5.92 Å². The molecule has 0 aromatic heterocycles. The highest BCUT2D eigenvalue weighted by Gasteiger charge is 2.26. The lowest BCUT2D eigenvalue weighted by molar-refractivity contribution is -0.119. The van der Waals surface area contributed by atoms with Crippen molar-refractivity contribution in [3.8, 4) is 11.5 Å². The Balaban J connectivity index is 1.61. The summed E-state index contributed by atoms with van der Waals surface area (Å²) in [6, 6.07) is 21.9. The summed E-state index contributed by atoms with van der Waals surface area (Å²) in [4.78, 5) is 38.1. The molecule has 3 aromatic carbocycles. The van der Waals surface area contributed by atoms with Gasteiger partial charge in [-0.05, 0) is 48.4 Å². The number of nitrogens with one attached hydrogen (secondary N) is 3. The van der Waals surface area contributed by atoms with E-state index in [0.717, 1.165) is 0 Å². The van der Waals surface area contributed by atoms with Crippen LogP contribution in [0.5, 0.6) is 11.5 Å². The van der Waals surface area contributed by atoms with Crippen molar-refractivity contribution in [2.45, 2.75) is 26.3 Å². The summed E-state index contributed by atoms with van der Waals surface area (Å²) in [5.41, 5.74) is 1.47. The van der Waals surface area contributed by atoms with E-state index >= 15 is 0 Å². The van der Waals surface area contributed by atoms with Crippen LogP contribution in [-0.2, 0) is 9.59 Å². The maximum atomic E-state index is 13.1. The van der Waals surface area contributed by atoms with Crippen LogP contribution in [0.4, 0.5) is 11.4 Å². The highest BCUT2D eigenvalue weighted by atomic mass is 16.5. The van der Waals surface area contributed by atoms with Crippen LogP contribution in [0.2, 0.25) is 0 Å². The number of anilines is 2. The molecule has 8 nitrogen and oxygen atoms in total. The predicted octanol–water partition coefficient (Wildman–Crippen LogP) is 4.50. The smallest absolute Gasteiger partial charge is 0.262 e. The van der Waals surface area contributed by atoms with Crippen molar-refractivity contribution in [2.24, 2.45) is 5.92 Å². The molecule has 3 amide bonds. The SMILES string of the molecule is CCC(C)C(NC(=O)c1ccccc1)C(=O)Nc1cccc(NC(=O)COc2ccccc2OC)c1. The molecule has 0 aliphatic carbocycles. The minimum absolute atomic E-state index is 0.0901. The lowest BCUT2D eigenvalue weighted by atomic mass is 9.97. The normalized spacial score (nSPS) is 12.1. The van der Waals surface area contributed by atoms with Crippen LogP contribution in [0.25, 0.3) is 0 Å². The second kappa shape index (κ2) is 12.9. The van der Waals surface area contributed by atoms with E-state index in [1.54, 1.807) is 66.7 Å². The monoisotopic (exact) mass is 489 g/mol. The first-order valence-electron chi connectivity index (χ1n) is 11.7. The third kappa shape index (κ3) is 7.33. The molecule has 0 aliphatic rings. The van der Waals surface area contributed by atoms with Gasteiger partial charge in [-0.15, -0.1) is 0 Å². The van der Waals surface area contributed by atoms with Crippen LogP contribution in [0.1, 0.15) is 30.6 Å². The van der Waals surface area contributed by atoms with Gasteiger partial charge in [0.05, 0.1) is 7.11 Å². The number of rotatable bonds is 11. The topological polar surface area (TPSA) is 106 Å². The van der Waals surface area contributed by atoms with Gasteiger partial charge in [0.25, 0.3) is 11.8 Å². The highest BCUT2D eigenvalue weighted by Crippen LogP contribution is 2.25. The molecule has 2 unspecified atom stereocenters. The minimum Gasteiger partial charge on any atom is -0.493 e. The van der Waals surface area contributed by atoms with E-state index in [1.807, 2.05) is 26.0 Å². The zero-order valence-electron chi connectivity index (χ0n) is 20.6. The van der Waals surface area contributed by atoms with E-state index in [1.165, 1.54) is 7.11 Å².